The molecule has 2 heterocycles. The maximum absolute atomic E-state index is 12.4. The zero-order valence-corrected chi connectivity index (χ0v) is 13.0. The van der Waals surface area contributed by atoms with Gasteiger partial charge in [-0.1, -0.05) is 30.3 Å². The van der Waals surface area contributed by atoms with Crippen LogP contribution in [0.25, 0.3) is 11.1 Å². The highest BCUT2D eigenvalue weighted by atomic mass is 16.3. The Kier molecular flexibility index (Phi) is 3.97. The van der Waals surface area contributed by atoms with Crippen LogP contribution in [0.1, 0.15) is 21.7 Å². The van der Waals surface area contributed by atoms with Crippen molar-refractivity contribution in [3.05, 3.63) is 63.9 Å². The fourth-order valence-electron chi connectivity index (χ4n) is 2.51. The van der Waals surface area contributed by atoms with E-state index in [2.05, 4.69) is 10.3 Å². The van der Waals surface area contributed by atoms with E-state index in [1.165, 1.54) is 10.9 Å². The number of amides is 1. The number of carbonyl (C=O) groups excluding carboxylic acids is 1. The first-order chi connectivity index (χ1) is 11.1. The number of rotatable bonds is 4. The molecule has 6 heteroatoms. The predicted octanol–water partition coefficient (Wildman–Crippen LogP) is 1.81. The summed E-state index contributed by atoms with van der Waals surface area (Å²) >= 11 is 0. The van der Waals surface area contributed by atoms with Crippen molar-refractivity contribution in [2.45, 2.75) is 13.3 Å². The van der Waals surface area contributed by atoms with Gasteiger partial charge in [0.1, 0.15) is 17.5 Å². The molecule has 0 radical (unpaired) electrons. The van der Waals surface area contributed by atoms with E-state index in [0.29, 0.717) is 12.3 Å². The molecule has 0 atom stereocenters. The average molecular weight is 311 g/mol. The standard InChI is InChI=1S/C17H17N3O3/c1-11-13(14-16(23-11)19-10-20(2)17(14)22)15(21)18-9-8-12-6-4-3-5-7-12/h3-7,10H,8-9H2,1-2H3,(H,18,21). The fraction of sp³-hybridized carbons (Fsp3) is 0.235. The van der Waals surface area contributed by atoms with E-state index in [1.807, 2.05) is 30.3 Å². The number of fused-ring (bicyclic) bond motifs is 1. The SMILES string of the molecule is Cc1oc2ncn(C)c(=O)c2c1C(=O)NCCc1ccccc1. The molecule has 0 saturated carbocycles. The van der Waals surface area contributed by atoms with Gasteiger partial charge in [-0.15, -0.1) is 0 Å². The van der Waals surface area contributed by atoms with Crippen molar-refractivity contribution in [1.82, 2.24) is 14.9 Å². The molecule has 3 rings (SSSR count). The lowest BCUT2D eigenvalue weighted by Crippen LogP contribution is -2.28. The number of aromatic nitrogens is 2. The largest absolute Gasteiger partial charge is 0.442 e. The lowest BCUT2D eigenvalue weighted by Gasteiger charge is -2.05. The van der Waals surface area contributed by atoms with Crippen molar-refractivity contribution in [3.8, 4) is 0 Å². The van der Waals surface area contributed by atoms with Gasteiger partial charge in [0, 0.05) is 13.6 Å². The van der Waals surface area contributed by atoms with E-state index < -0.39 is 0 Å². The molecule has 1 aromatic carbocycles. The highest BCUT2D eigenvalue weighted by Crippen LogP contribution is 2.20. The van der Waals surface area contributed by atoms with E-state index in [-0.39, 0.29) is 28.1 Å². The Bertz CT molecular complexity index is 910. The minimum atomic E-state index is -0.317. The van der Waals surface area contributed by atoms with Crippen molar-refractivity contribution in [3.63, 3.8) is 0 Å². The van der Waals surface area contributed by atoms with Crippen LogP contribution in [-0.2, 0) is 13.5 Å². The maximum atomic E-state index is 12.4. The van der Waals surface area contributed by atoms with E-state index in [1.54, 1.807) is 14.0 Å². The van der Waals surface area contributed by atoms with Gasteiger partial charge < -0.3 is 14.3 Å². The molecule has 1 N–H and O–H groups in total. The van der Waals surface area contributed by atoms with Crippen molar-refractivity contribution in [2.75, 3.05) is 6.54 Å². The van der Waals surface area contributed by atoms with Gasteiger partial charge in [-0.2, -0.15) is 0 Å². The molecule has 0 bridgehead atoms. The highest BCUT2D eigenvalue weighted by molar-refractivity contribution is 6.06. The second-order valence-corrected chi connectivity index (χ2v) is 5.37. The third-order valence-electron chi connectivity index (χ3n) is 3.72. The summed E-state index contributed by atoms with van der Waals surface area (Å²) in [4.78, 5) is 28.7. The number of hydrogen-bond donors (Lipinski definition) is 1. The van der Waals surface area contributed by atoms with Crippen molar-refractivity contribution in [2.24, 2.45) is 7.05 Å². The van der Waals surface area contributed by atoms with Crippen molar-refractivity contribution in [1.29, 1.82) is 0 Å². The number of aryl methyl sites for hydroxylation is 2. The molecular weight excluding hydrogens is 294 g/mol. The van der Waals surface area contributed by atoms with Gasteiger partial charge in [0.05, 0.1) is 5.56 Å². The highest BCUT2D eigenvalue weighted by Gasteiger charge is 2.21. The van der Waals surface area contributed by atoms with Crippen LogP contribution < -0.4 is 10.9 Å². The van der Waals surface area contributed by atoms with Gasteiger partial charge >= 0.3 is 0 Å². The predicted molar refractivity (Wildman–Crippen MR) is 86.5 cm³/mol. The molecule has 0 fully saturated rings. The van der Waals surface area contributed by atoms with Gasteiger partial charge in [0.15, 0.2) is 0 Å². The second kappa shape index (κ2) is 6.08. The first-order valence-corrected chi connectivity index (χ1v) is 7.35. The molecule has 0 aliphatic heterocycles. The molecular formula is C17H17N3O3. The van der Waals surface area contributed by atoms with Crippen LogP contribution in [0.5, 0.6) is 0 Å². The van der Waals surface area contributed by atoms with Crippen LogP contribution in [0.4, 0.5) is 0 Å². The van der Waals surface area contributed by atoms with Crippen molar-refractivity contribution >= 4 is 17.0 Å². The molecule has 0 spiro atoms. The number of furan rings is 1. The molecule has 2 aromatic heterocycles. The van der Waals surface area contributed by atoms with E-state index in [0.717, 1.165) is 12.0 Å². The summed E-state index contributed by atoms with van der Waals surface area (Å²) in [5.74, 6) is 0.0790. The quantitative estimate of drug-likeness (QED) is 0.797. The van der Waals surface area contributed by atoms with Crippen LogP contribution >= 0.6 is 0 Å². The average Bonchev–Trinajstić information content (AvgIpc) is 2.89. The summed E-state index contributed by atoms with van der Waals surface area (Å²) < 4.78 is 6.77. The third kappa shape index (κ3) is 2.88. The van der Waals surface area contributed by atoms with Gasteiger partial charge in [0.25, 0.3) is 11.5 Å². The Labute approximate surface area is 132 Å². The summed E-state index contributed by atoms with van der Waals surface area (Å²) in [6.07, 6.45) is 2.10. The number of hydrogen-bond acceptors (Lipinski definition) is 4. The Hall–Kier alpha value is -2.89. The molecule has 1 amide bonds. The molecule has 23 heavy (non-hydrogen) atoms. The summed E-state index contributed by atoms with van der Waals surface area (Å²) in [6.45, 7) is 2.14. The number of nitrogens with one attached hydrogen (secondary N) is 1. The first kappa shape index (κ1) is 15.0. The summed E-state index contributed by atoms with van der Waals surface area (Å²) in [5.41, 5.74) is 1.31. The van der Waals surface area contributed by atoms with E-state index in [4.69, 9.17) is 4.42 Å². The minimum absolute atomic E-state index is 0.193. The van der Waals surface area contributed by atoms with Crippen LogP contribution in [-0.4, -0.2) is 22.0 Å². The smallest absolute Gasteiger partial charge is 0.265 e. The van der Waals surface area contributed by atoms with Gasteiger partial charge in [-0.3, -0.25) is 9.59 Å². The lowest BCUT2D eigenvalue weighted by molar-refractivity contribution is 0.0954. The second-order valence-electron chi connectivity index (χ2n) is 5.37. The first-order valence-electron chi connectivity index (χ1n) is 7.35. The Morgan fingerprint density at radius 3 is 2.78 bits per heavy atom. The normalized spacial score (nSPS) is 10.9. The molecule has 0 saturated heterocycles. The zero-order valence-electron chi connectivity index (χ0n) is 13.0. The lowest BCUT2D eigenvalue weighted by atomic mass is 10.1. The number of carbonyl (C=O) groups is 1. The Morgan fingerprint density at radius 2 is 2.04 bits per heavy atom. The molecule has 3 aromatic rings. The maximum Gasteiger partial charge on any atom is 0.265 e. The number of benzene rings is 1. The topological polar surface area (TPSA) is 77.1 Å². The Balaban J connectivity index is 1.82. The van der Waals surface area contributed by atoms with Crippen molar-refractivity contribution < 1.29 is 9.21 Å². The van der Waals surface area contributed by atoms with Crippen LogP contribution in [0.2, 0.25) is 0 Å². The van der Waals surface area contributed by atoms with E-state index >= 15 is 0 Å². The summed E-state index contributed by atoms with van der Waals surface area (Å²) in [6, 6.07) is 9.88. The van der Waals surface area contributed by atoms with E-state index in [9.17, 15) is 9.59 Å². The summed E-state index contributed by atoms with van der Waals surface area (Å²) in [7, 11) is 1.59. The van der Waals surface area contributed by atoms with Crippen LogP contribution in [0, 0.1) is 6.92 Å². The molecule has 6 nitrogen and oxygen atoms in total. The van der Waals surface area contributed by atoms with Gasteiger partial charge in [-0.05, 0) is 18.9 Å². The molecule has 0 aliphatic rings. The zero-order chi connectivity index (χ0) is 16.4. The van der Waals surface area contributed by atoms with Gasteiger partial charge in [0.2, 0.25) is 5.71 Å². The molecule has 0 unspecified atom stereocenters. The van der Waals surface area contributed by atoms with Crippen LogP contribution in [0.3, 0.4) is 0 Å². The van der Waals surface area contributed by atoms with Gasteiger partial charge in [-0.25, -0.2) is 4.98 Å². The fourth-order valence-corrected chi connectivity index (χ4v) is 2.51. The molecule has 0 aliphatic carbocycles. The third-order valence-corrected chi connectivity index (χ3v) is 3.72. The Morgan fingerprint density at radius 1 is 1.30 bits per heavy atom. The minimum Gasteiger partial charge on any atom is -0.442 e. The summed E-state index contributed by atoms with van der Waals surface area (Å²) in [5, 5.41) is 3.06. The monoisotopic (exact) mass is 311 g/mol. The molecule has 118 valence electrons. The van der Waals surface area contributed by atoms with Crippen LogP contribution in [0.15, 0.2) is 45.9 Å². The number of nitrogens with zero attached hydrogens (tertiary/aromatic N) is 2.